The van der Waals surface area contributed by atoms with E-state index in [-0.39, 0.29) is 11.5 Å². The van der Waals surface area contributed by atoms with Gasteiger partial charge in [0.15, 0.2) is 11.5 Å². The summed E-state index contributed by atoms with van der Waals surface area (Å²) in [6.45, 7) is 0. The molecule has 0 saturated heterocycles. The van der Waals surface area contributed by atoms with Crippen molar-refractivity contribution in [2.24, 2.45) is 0 Å². The lowest BCUT2D eigenvalue weighted by Crippen LogP contribution is -2.08. The number of phenols is 2. The second kappa shape index (κ2) is 5.63. The average Bonchev–Trinajstić information content (AvgIpc) is 2.39. The van der Waals surface area contributed by atoms with E-state index in [1.807, 2.05) is 24.3 Å². The molecule has 0 radical (unpaired) electrons. The van der Waals surface area contributed by atoms with Gasteiger partial charge in [0.2, 0.25) is 0 Å². The zero-order valence-electron chi connectivity index (χ0n) is 9.84. The number of hydrogen-bond acceptors (Lipinski definition) is 4. The van der Waals surface area contributed by atoms with Crippen molar-refractivity contribution in [3.63, 3.8) is 0 Å². The SMILES string of the molecule is N#CC(Nc1cccc(Br)c1)c1ccc(O)c(O)c1. The number of benzene rings is 2. The molecule has 5 heteroatoms. The van der Waals surface area contributed by atoms with E-state index in [0.29, 0.717) is 5.56 Å². The number of aromatic hydroxyl groups is 2. The van der Waals surface area contributed by atoms with Crippen molar-refractivity contribution >= 4 is 21.6 Å². The van der Waals surface area contributed by atoms with Crippen molar-refractivity contribution in [1.82, 2.24) is 0 Å². The number of nitriles is 1. The standard InChI is InChI=1S/C14H11BrN2O2/c15-10-2-1-3-11(7-10)17-12(8-16)9-4-5-13(18)14(19)6-9/h1-7,12,17-19H. The van der Waals surface area contributed by atoms with Gasteiger partial charge in [0.1, 0.15) is 6.04 Å². The van der Waals surface area contributed by atoms with Crippen molar-refractivity contribution in [2.45, 2.75) is 6.04 Å². The molecule has 0 heterocycles. The van der Waals surface area contributed by atoms with Crippen LogP contribution in [-0.2, 0) is 0 Å². The van der Waals surface area contributed by atoms with Gasteiger partial charge >= 0.3 is 0 Å². The van der Waals surface area contributed by atoms with E-state index in [1.165, 1.54) is 12.1 Å². The number of nitrogens with one attached hydrogen (secondary N) is 1. The molecule has 19 heavy (non-hydrogen) atoms. The van der Waals surface area contributed by atoms with E-state index in [1.54, 1.807) is 6.07 Å². The molecule has 0 aliphatic rings. The minimum atomic E-state index is -0.610. The van der Waals surface area contributed by atoms with E-state index in [2.05, 4.69) is 27.3 Å². The molecule has 0 aromatic heterocycles. The minimum absolute atomic E-state index is 0.206. The van der Waals surface area contributed by atoms with Crippen LogP contribution in [0, 0.1) is 11.3 Å². The second-order valence-electron chi connectivity index (χ2n) is 3.96. The highest BCUT2D eigenvalue weighted by molar-refractivity contribution is 9.10. The Morgan fingerprint density at radius 2 is 1.89 bits per heavy atom. The summed E-state index contributed by atoms with van der Waals surface area (Å²) >= 11 is 3.36. The predicted octanol–water partition coefficient (Wildman–Crippen LogP) is 3.54. The number of nitrogens with zero attached hydrogens (tertiary/aromatic N) is 1. The first-order chi connectivity index (χ1) is 9.10. The Bertz CT molecular complexity index is 638. The van der Waals surface area contributed by atoms with Gasteiger partial charge in [-0.25, -0.2) is 0 Å². The average molecular weight is 319 g/mol. The number of hydrogen-bond donors (Lipinski definition) is 3. The summed E-state index contributed by atoms with van der Waals surface area (Å²) in [5.41, 5.74) is 1.37. The predicted molar refractivity (Wildman–Crippen MR) is 75.9 cm³/mol. The smallest absolute Gasteiger partial charge is 0.157 e. The third-order valence-corrected chi connectivity index (χ3v) is 3.09. The fourth-order valence-corrected chi connectivity index (χ4v) is 2.05. The van der Waals surface area contributed by atoms with Crippen molar-refractivity contribution < 1.29 is 10.2 Å². The summed E-state index contributed by atoms with van der Waals surface area (Å²) in [5, 5.41) is 31.0. The summed E-state index contributed by atoms with van der Waals surface area (Å²) in [6, 6.07) is 13.3. The van der Waals surface area contributed by atoms with Gasteiger partial charge in [-0.15, -0.1) is 0 Å². The van der Waals surface area contributed by atoms with Gasteiger partial charge in [-0.1, -0.05) is 28.1 Å². The fraction of sp³-hybridized carbons (Fsp3) is 0.0714. The molecule has 3 N–H and O–H groups in total. The topological polar surface area (TPSA) is 76.3 Å². The lowest BCUT2D eigenvalue weighted by molar-refractivity contribution is 0.403. The first kappa shape index (κ1) is 13.2. The van der Waals surface area contributed by atoms with Crippen molar-refractivity contribution in [3.05, 3.63) is 52.5 Å². The van der Waals surface area contributed by atoms with Gasteiger partial charge < -0.3 is 15.5 Å². The molecule has 96 valence electrons. The van der Waals surface area contributed by atoms with E-state index >= 15 is 0 Å². The van der Waals surface area contributed by atoms with Gasteiger partial charge in [-0.3, -0.25) is 0 Å². The first-order valence-corrected chi connectivity index (χ1v) is 6.33. The number of rotatable bonds is 3. The Kier molecular flexibility index (Phi) is 3.93. The van der Waals surface area contributed by atoms with E-state index in [9.17, 15) is 15.5 Å². The fourth-order valence-electron chi connectivity index (χ4n) is 1.66. The normalized spacial score (nSPS) is 11.6. The van der Waals surface area contributed by atoms with Crippen LogP contribution < -0.4 is 5.32 Å². The molecule has 0 fully saturated rings. The quantitative estimate of drug-likeness (QED) is 0.756. The van der Waals surface area contributed by atoms with Crippen LogP contribution in [0.4, 0.5) is 5.69 Å². The Balaban J connectivity index is 2.25. The maximum Gasteiger partial charge on any atom is 0.157 e. The Labute approximate surface area is 119 Å². The molecule has 0 aliphatic heterocycles. The Hall–Kier alpha value is -2.19. The Morgan fingerprint density at radius 1 is 1.11 bits per heavy atom. The van der Waals surface area contributed by atoms with E-state index < -0.39 is 6.04 Å². The van der Waals surface area contributed by atoms with Crippen LogP contribution in [0.5, 0.6) is 11.5 Å². The summed E-state index contributed by atoms with van der Waals surface area (Å²) in [5.74, 6) is -0.448. The van der Waals surface area contributed by atoms with Crippen LogP contribution in [0.1, 0.15) is 11.6 Å². The van der Waals surface area contributed by atoms with Gasteiger partial charge in [-0.05, 0) is 35.9 Å². The number of phenolic OH excluding ortho intramolecular Hbond substituents is 2. The monoisotopic (exact) mass is 318 g/mol. The zero-order chi connectivity index (χ0) is 13.8. The maximum atomic E-state index is 9.46. The third kappa shape index (κ3) is 3.18. The van der Waals surface area contributed by atoms with Crippen LogP contribution >= 0.6 is 15.9 Å². The molecule has 2 rings (SSSR count). The van der Waals surface area contributed by atoms with Gasteiger partial charge in [0.25, 0.3) is 0 Å². The lowest BCUT2D eigenvalue weighted by atomic mass is 10.1. The van der Waals surface area contributed by atoms with E-state index in [0.717, 1.165) is 10.2 Å². The molecule has 0 amide bonds. The minimum Gasteiger partial charge on any atom is -0.504 e. The van der Waals surface area contributed by atoms with Crippen LogP contribution in [0.3, 0.4) is 0 Å². The van der Waals surface area contributed by atoms with E-state index in [4.69, 9.17) is 0 Å². The lowest BCUT2D eigenvalue weighted by Gasteiger charge is -2.14. The summed E-state index contributed by atoms with van der Waals surface area (Å²) in [7, 11) is 0. The molecule has 0 bridgehead atoms. The first-order valence-electron chi connectivity index (χ1n) is 5.54. The third-order valence-electron chi connectivity index (χ3n) is 2.60. The van der Waals surface area contributed by atoms with Crippen molar-refractivity contribution in [3.8, 4) is 17.6 Å². The highest BCUT2D eigenvalue weighted by Crippen LogP contribution is 2.29. The van der Waals surface area contributed by atoms with Crippen molar-refractivity contribution in [1.29, 1.82) is 5.26 Å². The largest absolute Gasteiger partial charge is 0.504 e. The highest BCUT2D eigenvalue weighted by Gasteiger charge is 2.12. The zero-order valence-corrected chi connectivity index (χ0v) is 11.4. The molecule has 2 aromatic carbocycles. The molecule has 2 aromatic rings. The maximum absolute atomic E-state index is 9.46. The summed E-state index contributed by atoms with van der Waals surface area (Å²) in [6.07, 6.45) is 0. The molecular weight excluding hydrogens is 308 g/mol. The van der Waals surface area contributed by atoms with Crippen LogP contribution in [0.2, 0.25) is 0 Å². The van der Waals surface area contributed by atoms with Gasteiger partial charge in [0, 0.05) is 10.2 Å². The molecule has 1 atom stereocenters. The Morgan fingerprint density at radius 3 is 2.53 bits per heavy atom. The molecule has 1 unspecified atom stereocenters. The summed E-state index contributed by atoms with van der Waals surface area (Å²) in [4.78, 5) is 0. The van der Waals surface area contributed by atoms with Crippen LogP contribution in [0.25, 0.3) is 0 Å². The molecule has 4 nitrogen and oxygen atoms in total. The number of anilines is 1. The van der Waals surface area contributed by atoms with Crippen molar-refractivity contribution in [2.75, 3.05) is 5.32 Å². The molecular formula is C14H11BrN2O2. The van der Waals surface area contributed by atoms with Crippen LogP contribution in [0.15, 0.2) is 46.9 Å². The molecule has 0 aliphatic carbocycles. The highest BCUT2D eigenvalue weighted by atomic mass is 79.9. The van der Waals surface area contributed by atoms with Crippen LogP contribution in [-0.4, -0.2) is 10.2 Å². The number of halogens is 1. The van der Waals surface area contributed by atoms with Gasteiger partial charge in [0.05, 0.1) is 6.07 Å². The van der Waals surface area contributed by atoms with Gasteiger partial charge in [-0.2, -0.15) is 5.26 Å². The molecule has 0 spiro atoms. The molecule has 0 saturated carbocycles. The summed E-state index contributed by atoms with van der Waals surface area (Å²) < 4.78 is 0.905. The second-order valence-corrected chi connectivity index (χ2v) is 4.88.